The van der Waals surface area contributed by atoms with Crippen LogP contribution in [0.1, 0.15) is 37.8 Å². The normalized spacial score (nSPS) is 14.7. The van der Waals surface area contributed by atoms with Gasteiger partial charge in [0, 0.05) is 32.0 Å². The molecule has 8 nitrogen and oxygen atoms in total. The molecule has 36 heavy (non-hydrogen) atoms. The second kappa shape index (κ2) is 11.0. The lowest BCUT2D eigenvalue weighted by atomic mass is 9.90. The number of nitrogens with one attached hydrogen (secondary N) is 1. The first-order valence-corrected chi connectivity index (χ1v) is 11.4. The van der Waals surface area contributed by atoms with Gasteiger partial charge in [0.25, 0.3) is 5.91 Å². The van der Waals surface area contributed by atoms with E-state index in [0.29, 0.717) is 46.9 Å². The Hall–Kier alpha value is -4.30. The van der Waals surface area contributed by atoms with Crippen LogP contribution in [0.2, 0.25) is 0 Å². The second-order valence-electron chi connectivity index (χ2n) is 8.35. The lowest BCUT2D eigenvalue weighted by molar-refractivity contribution is -0.115. The molecular formula is C28H27N3O5. The van der Waals surface area contributed by atoms with Crippen LogP contribution in [0, 0.1) is 0 Å². The quantitative estimate of drug-likeness (QED) is 0.384. The molecule has 0 aliphatic carbocycles. The summed E-state index contributed by atoms with van der Waals surface area (Å²) in [5, 5.41) is 2.87. The summed E-state index contributed by atoms with van der Waals surface area (Å²) < 4.78 is 9.87. The zero-order valence-electron chi connectivity index (χ0n) is 20.4. The van der Waals surface area contributed by atoms with Crippen LogP contribution >= 0.6 is 0 Å². The zero-order chi connectivity index (χ0) is 25.7. The Bertz CT molecular complexity index is 1320. The van der Waals surface area contributed by atoms with Crippen molar-refractivity contribution in [3.63, 3.8) is 0 Å². The van der Waals surface area contributed by atoms with Crippen molar-refractivity contribution in [3.05, 3.63) is 95.1 Å². The topological polar surface area (TPSA) is 97.3 Å². The number of benzene rings is 3. The van der Waals surface area contributed by atoms with Crippen LogP contribution in [0.15, 0.2) is 77.8 Å². The van der Waals surface area contributed by atoms with Gasteiger partial charge in [-0.1, -0.05) is 42.5 Å². The predicted octanol–water partition coefficient (Wildman–Crippen LogP) is 4.05. The molecule has 4 rings (SSSR count). The van der Waals surface area contributed by atoms with Crippen molar-refractivity contribution in [3.8, 4) is 0 Å². The lowest BCUT2D eigenvalue weighted by Gasteiger charge is -2.17. The van der Waals surface area contributed by atoms with Gasteiger partial charge in [-0.15, -0.1) is 0 Å². The Balaban J connectivity index is 1.76. The molecule has 0 fully saturated rings. The molecule has 0 aromatic heterocycles. The van der Waals surface area contributed by atoms with Crippen LogP contribution in [0.25, 0.3) is 0 Å². The van der Waals surface area contributed by atoms with E-state index in [4.69, 9.17) is 14.5 Å². The molecule has 1 N–H and O–H groups in total. The Morgan fingerprint density at radius 3 is 2.42 bits per heavy atom. The maximum Gasteiger partial charge on any atom is 0.337 e. The van der Waals surface area contributed by atoms with E-state index in [1.807, 2.05) is 30.3 Å². The number of carbonyl (C=O) groups excluding carboxylic acids is 3. The van der Waals surface area contributed by atoms with Gasteiger partial charge in [-0.2, -0.15) is 0 Å². The van der Waals surface area contributed by atoms with E-state index < -0.39 is 11.9 Å². The lowest BCUT2D eigenvalue weighted by Crippen LogP contribution is -2.29. The van der Waals surface area contributed by atoms with Gasteiger partial charge in [0.15, 0.2) is 0 Å². The number of esters is 1. The molecule has 0 spiro atoms. The van der Waals surface area contributed by atoms with Gasteiger partial charge in [-0.25, -0.2) is 4.79 Å². The van der Waals surface area contributed by atoms with Crippen molar-refractivity contribution in [1.29, 1.82) is 0 Å². The van der Waals surface area contributed by atoms with E-state index in [2.05, 4.69) is 5.32 Å². The molecule has 184 valence electrons. The minimum Gasteiger partial charge on any atom is -0.465 e. The van der Waals surface area contributed by atoms with E-state index >= 15 is 0 Å². The Labute approximate surface area is 209 Å². The van der Waals surface area contributed by atoms with E-state index in [9.17, 15) is 14.4 Å². The Kier molecular flexibility index (Phi) is 7.56. The minimum absolute atomic E-state index is 0.148. The molecule has 0 saturated heterocycles. The first-order valence-electron chi connectivity index (χ1n) is 11.4. The summed E-state index contributed by atoms with van der Waals surface area (Å²) in [6.07, 6.45) is 0. The van der Waals surface area contributed by atoms with Crippen LogP contribution in [0.3, 0.4) is 0 Å². The van der Waals surface area contributed by atoms with Crippen LogP contribution in [0.4, 0.5) is 11.4 Å². The third-order valence-electron chi connectivity index (χ3n) is 5.97. The van der Waals surface area contributed by atoms with E-state index in [1.165, 1.54) is 7.11 Å². The highest BCUT2D eigenvalue weighted by Crippen LogP contribution is 2.37. The number of hydrogen-bond acceptors (Lipinski definition) is 6. The molecule has 2 amide bonds. The predicted molar refractivity (Wildman–Crippen MR) is 137 cm³/mol. The first-order chi connectivity index (χ1) is 17.4. The fourth-order valence-corrected chi connectivity index (χ4v) is 4.08. The van der Waals surface area contributed by atoms with Crippen molar-refractivity contribution < 1.29 is 23.9 Å². The third kappa shape index (κ3) is 5.18. The zero-order valence-corrected chi connectivity index (χ0v) is 20.4. The van der Waals surface area contributed by atoms with Gasteiger partial charge >= 0.3 is 5.97 Å². The highest BCUT2D eigenvalue weighted by Gasteiger charge is 2.36. The van der Waals surface area contributed by atoms with Crippen molar-refractivity contribution in [2.45, 2.75) is 5.92 Å². The van der Waals surface area contributed by atoms with Gasteiger partial charge < -0.3 is 19.7 Å². The molecular weight excluding hydrogens is 458 g/mol. The van der Waals surface area contributed by atoms with E-state index in [1.54, 1.807) is 61.5 Å². The Morgan fingerprint density at radius 2 is 1.69 bits per heavy atom. The molecule has 1 aliphatic heterocycles. The minimum atomic E-state index is -0.696. The molecule has 1 aliphatic rings. The highest BCUT2D eigenvalue weighted by molar-refractivity contribution is 6.24. The molecule has 0 bridgehead atoms. The van der Waals surface area contributed by atoms with Crippen molar-refractivity contribution in [1.82, 2.24) is 4.90 Å². The summed E-state index contributed by atoms with van der Waals surface area (Å²) >= 11 is 0. The standard InChI is InChI=1S/C28H27N3O5/c1-31(14-15-35-2)27(33)19-10-7-11-21(16-19)29-25(18-8-5-4-6-9-18)24-22-13-12-20(28(34)36-3)17-23(22)30-26(24)32/h4-13,16-17,24H,14-15H2,1-3H3,(H,30,32). The number of methoxy groups -OCH3 is 2. The van der Waals surface area contributed by atoms with Crippen molar-refractivity contribution in [2.24, 2.45) is 4.99 Å². The summed E-state index contributed by atoms with van der Waals surface area (Å²) in [7, 11) is 4.62. The summed E-state index contributed by atoms with van der Waals surface area (Å²) in [5.74, 6) is -1.58. The average molecular weight is 486 g/mol. The number of amides is 2. The number of rotatable bonds is 8. The van der Waals surface area contributed by atoms with Gasteiger partial charge in [-0.3, -0.25) is 14.6 Å². The maximum absolute atomic E-state index is 13.2. The maximum atomic E-state index is 13.2. The van der Waals surface area contributed by atoms with Crippen molar-refractivity contribution in [2.75, 3.05) is 39.7 Å². The molecule has 1 unspecified atom stereocenters. The summed E-state index contributed by atoms with van der Waals surface area (Å²) in [5.41, 5.74) is 3.95. The van der Waals surface area contributed by atoms with Gasteiger partial charge in [0.2, 0.25) is 5.91 Å². The average Bonchev–Trinajstić information content (AvgIpc) is 3.24. The molecule has 1 atom stereocenters. The van der Waals surface area contributed by atoms with Crippen molar-refractivity contribution >= 4 is 34.9 Å². The fraction of sp³-hybridized carbons (Fsp3) is 0.214. The fourth-order valence-electron chi connectivity index (χ4n) is 4.08. The molecule has 3 aromatic rings. The highest BCUT2D eigenvalue weighted by atomic mass is 16.5. The van der Waals surface area contributed by atoms with Gasteiger partial charge in [0.05, 0.1) is 30.7 Å². The summed E-state index contributed by atoms with van der Waals surface area (Å²) in [6.45, 7) is 0.900. The SMILES string of the molecule is COCCN(C)C(=O)c1cccc(N=C(c2ccccc2)C2C(=O)Nc3cc(C(=O)OC)ccc32)c1. The van der Waals surface area contributed by atoms with Crippen LogP contribution in [-0.2, 0) is 14.3 Å². The molecule has 0 saturated carbocycles. The van der Waals surface area contributed by atoms with Crippen LogP contribution in [-0.4, -0.2) is 62.8 Å². The van der Waals surface area contributed by atoms with Gasteiger partial charge in [0.1, 0.15) is 5.92 Å². The number of likely N-dealkylation sites (N-methyl/N-ethyl adjacent to an activating group) is 1. The third-order valence-corrected chi connectivity index (χ3v) is 5.97. The van der Waals surface area contributed by atoms with E-state index in [0.717, 1.165) is 5.56 Å². The number of hydrogen-bond donors (Lipinski definition) is 1. The molecule has 0 radical (unpaired) electrons. The van der Waals surface area contributed by atoms with E-state index in [-0.39, 0.29) is 11.8 Å². The Morgan fingerprint density at radius 1 is 0.944 bits per heavy atom. The number of aliphatic imine (C=N–C) groups is 1. The number of nitrogens with zero attached hydrogens (tertiary/aromatic N) is 2. The largest absolute Gasteiger partial charge is 0.465 e. The molecule has 8 heteroatoms. The molecule has 3 aromatic carbocycles. The number of anilines is 1. The summed E-state index contributed by atoms with van der Waals surface area (Å²) in [6, 6.07) is 21.4. The van der Waals surface area contributed by atoms with Crippen LogP contribution < -0.4 is 5.32 Å². The summed E-state index contributed by atoms with van der Waals surface area (Å²) in [4.78, 5) is 44.5. The number of ether oxygens (including phenoxy) is 2. The van der Waals surface area contributed by atoms with Crippen LogP contribution in [0.5, 0.6) is 0 Å². The molecule has 1 heterocycles. The first kappa shape index (κ1) is 24.8. The smallest absolute Gasteiger partial charge is 0.337 e. The number of fused-ring (bicyclic) bond motifs is 1. The number of carbonyl (C=O) groups is 3. The van der Waals surface area contributed by atoms with Gasteiger partial charge in [-0.05, 0) is 41.5 Å². The monoisotopic (exact) mass is 485 g/mol. The second-order valence-corrected chi connectivity index (χ2v) is 8.35.